The minimum absolute atomic E-state index is 0.0759. The molecule has 0 radical (unpaired) electrons. The number of piperidine rings is 1. The zero-order chi connectivity index (χ0) is 20.4. The zero-order valence-electron chi connectivity index (χ0n) is 17.4. The molecule has 1 amide bonds. The maximum atomic E-state index is 12.1. The lowest BCUT2D eigenvalue weighted by atomic mass is 9.99. The molecule has 0 unspecified atom stereocenters. The fraction of sp³-hybridized carbons (Fsp3) is 0.619. The van der Waals surface area contributed by atoms with Crippen LogP contribution in [0.15, 0.2) is 23.2 Å². The Kier molecular flexibility index (Phi) is 9.58. The molecule has 0 aromatic heterocycles. The molecule has 7 heteroatoms. The number of guanidine groups is 1. The van der Waals surface area contributed by atoms with Gasteiger partial charge in [-0.25, -0.2) is 0 Å². The number of halogens is 1. The number of hydrogen-bond acceptors (Lipinski definition) is 3. The minimum atomic E-state index is -0.0759. The second-order valence-electron chi connectivity index (χ2n) is 7.58. The van der Waals surface area contributed by atoms with E-state index in [2.05, 4.69) is 32.8 Å². The molecule has 1 aromatic rings. The van der Waals surface area contributed by atoms with Crippen molar-refractivity contribution < 1.29 is 4.79 Å². The van der Waals surface area contributed by atoms with Gasteiger partial charge in [0, 0.05) is 26.6 Å². The number of benzene rings is 1. The minimum Gasteiger partial charge on any atom is -0.356 e. The van der Waals surface area contributed by atoms with Crippen LogP contribution < -0.4 is 16.0 Å². The summed E-state index contributed by atoms with van der Waals surface area (Å²) in [6.07, 6.45) is 4.05. The van der Waals surface area contributed by atoms with E-state index >= 15 is 0 Å². The van der Waals surface area contributed by atoms with Crippen molar-refractivity contribution in [2.24, 2.45) is 10.9 Å². The van der Waals surface area contributed by atoms with E-state index in [-0.39, 0.29) is 5.91 Å². The maximum absolute atomic E-state index is 12.1. The standard InChI is InChI=1S/C21H34ClN5O/c1-16-8-13-27(14-9-16)12-4-10-24-21(23-3)25-11-7-20(28)26-19-6-5-17(2)15-18(19)22/h5-6,15-16H,4,7-14H2,1-3H3,(H,26,28)(H2,23,24,25). The summed E-state index contributed by atoms with van der Waals surface area (Å²) in [5.41, 5.74) is 1.71. The van der Waals surface area contributed by atoms with Crippen LogP contribution in [0.3, 0.4) is 0 Å². The van der Waals surface area contributed by atoms with Crippen LogP contribution in [0.4, 0.5) is 5.69 Å². The van der Waals surface area contributed by atoms with E-state index in [0.29, 0.717) is 23.7 Å². The average Bonchev–Trinajstić information content (AvgIpc) is 2.67. The second-order valence-corrected chi connectivity index (χ2v) is 7.99. The summed E-state index contributed by atoms with van der Waals surface area (Å²) < 4.78 is 0. The Bertz CT molecular complexity index is 656. The molecule has 3 N–H and O–H groups in total. The van der Waals surface area contributed by atoms with Crippen molar-refractivity contribution in [3.8, 4) is 0 Å². The SMILES string of the molecule is CN=C(NCCCN1CCC(C)CC1)NCCC(=O)Nc1ccc(C)cc1Cl. The predicted octanol–water partition coefficient (Wildman–Crippen LogP) is 3.26. The quantitative estimate of drug-likeness (QED) is 0.351. The third-order valence-electron chi connectivity index (χ3n) is 5.09. The van der Waals surface area contributed by atoms with E-state index in [1.165, 1.54) is 25.9 Å². The number of hydrogen-bond donors (Lipinski definition) is 3. The van der Waals surface area contributed by atoms with Gasteiger partial charge in [0.2, 0.25) is 5.91 Å². The number of nitrogens with zero attached hydrogens (tertiary/aromatic N) is 2. The maximum Gasteiger partial charge on any atom is 0.226 e. The van der Waals surface area contributed by atoms with Crippen LogP contribution in [0.5, 0.6) is 0 Å². The molecule has 1 fully saturated rings. The van der Waals surface area contributed by atoms with Crippen molar-refractivity contribution in [3.05, 3.63) is 28.8 Å². The molecular formula is C21H34ClN5O. The highest BCUT2D eigenvalue weighted by Crippen LogP contribution is 2.22. The topological polar surface area (TPSA) is 68.8 Å². The molecule has 1 saturated heterocycles. The van der Waals surface area contributed by atoms with Gasteiger partial charge in [-0.2, -0.15) is 0 Å². The number of likely N-dealkylation sites (tertiary alicyclic amines) is 1. The molecule has 1 heterocycles. The van der Waals surface area contributed by atoms with Crippen LogP contribution in [0.1, 0.15) is 38.2 Å². The van der Waals surface area contributed by atoms with Crippen LogP contribution in [-0.2, 0) is 4.79 Å². The Labute approximate surface area is 174 Å². The Morgan fingerprint density at radius 3 is 2.64 bits per heavy atom. The molecular weight excluding hydrogens is 374 g/mol. The van der Waals surface area contributed by atoms with Gasteiger partial charge in [0.15, 0.2) is 5.96 Å². The summed E-state index contributed by atoms with van der Waals surface area (Å²) in [5, 5.41) is 9.90. The average molecular weight is 408 g/mol. The van der Waals surface area contributed by atoms with Crippen molar-refractivity contribution in [1.82, 2.24) is 15.5 Å². The molecule has 0 atom stereocenters. The lowest BCUT2D eigenvalue weighted by Crippen LogP contribution is -2.40. The van der Waals surface area contributed by atoms with Crippen LogP contribution in [-0.4, -0.2) is 56.5 Å². The highest BCUT2D eigenvalue weighted by molar-refractivity contribution is 6.33. The summed E-state index contributed by atoms with van der Waals surface area (Å²) >= 11 is 6.15. The van der Waals surface area contributed by atoms with E-state index in [1.807, 2.05) is 25.1 Å². The van der Waals surface area contributed by atoms with Crippen LogP contribution >= 0.6 is 11.6 Å². The van der Waals surface area contributed by atoms with Gasteiger partial charge in [-0.05, 0) is 69.4 Å². The molecule has 0 saturated carbocycles. The van der Waals surface area contributed by atoms with Gasteiger partial charge in [-0.1, -0.05) is 24.6 Å². The number of carbonyl (C=O) groups excluding carboxylic acids is 1. The number of rotatable bonds is 8. The van der Waals surface area contributed by atoms with Gasteiger partial charge < -0.3 is 20.9 Å². The first-order valence-electron chi connectivity index (χ1n) is 10.2. The molecule has 1 aliphatic rings. The van der Waals surface area contributed by atoms with Gasteiger partial charge in [0.1, 0.15) is 0 Å². The number of anilines is 1. The second kappa shape index (κ2) is 11.9. The predicted molar refractivity (Wildman–Crippen MR) is 118 cm³/mol. The smallest absolute Gasteiger partial charge is 0.226 e. The van der Waals surface area contributed by atoms with E-state index < -0.39 is 0 Å². The summed E-state index contributed by atoms with van der Waals surface area (Å²) in [4.78, 5) is 18.9. The Morgan fingerprint density at radius 2 is 1.96 bits per heavy atom. The first-order valence-corrected chi connectivity index (χ1v) is 10.6. The van der Waals surface area contributed by atoms with Crippen molar-refractivity contribution in [2.45, 2.75) is 39.5 Å². The van der Waals surface area contributed by atoms with E-state index in [0.717, 1.165) is 37.0 Å². The van der Waals surface area contributed by atoms with Crippen molar-refractivity contribution in [1.29, 1.82) is 0 Å². The number of carbonyl (C=O) groups is 1. The van der Waals surface area contributed by atoms with E-state index in [4.69, 9.17) is 11.6 Å². The molecule has 6 nitrogen and oxygen atoms in total. The molecule has 1 aromatic carbocycles. The van der Waals surface area contributed by atoms with Crippen molar-refractivity contribution in [3.63, 3.8) is 0 Å². The van der Waals surface area contributed by atoms with Crippen molar-refractivity contribution in [2.75, 3.05) is 45.1 Å². The Morgan fingerprint density at radius 1 is 1.25 bits per heavy atom. The van der Waals surface area contributed by atoms with Crippen LogP contribution in [0.25, 0.3) is 0 Å². The van der Waals surface area contributed by atoms with Gasteiger partial charge in [-0.15, -0.1) is 0 Å². The summed E-state index contributed by atoms with van der Waals surface area (Å²) in [5.74, 6) is 1.53. The van der Waals surface area contributed by atoms with Gasteiger partial charge >= 0.3 is 0 Å². The summed E-state index contributed by atoms with van der Waals surface area (Å²) in [7, 11) is 1.74. The third-order valence-corrected chi connectivity index (χ3v) is 5.40. The lowest BCUT2D eigenvalue weighted by Gasteiger charge is -2.30. The summed E-state index contributed by atoms with van der Waals surface area (Å²) in [6.45, 7) is 9.24. The van der Waals surface area contributed by atoms with Crippen molar-refractivity contribution >= 4 is 29.2 Å². The fourth-order valence-electron chi connectivity index (χ4n) is 3.24. The normalized spacial score (nSPS) is 16.1. The van der Waals surface area contributed by atoms with E-state index in [9.17, 15) is 4.79 Å². The highest BCUT2D eigenvalue weighted by atomic mass is 35.5. The summed E-state index contributed by atoms with van der Waals surface area (Å²) in [6, 6.07) is 5.59. The molecule has 28 heavy (non-hydrogen) atoms. The lowest BCUT2D eigenvalue weighted by molar-refractivity contribution is -0.116. The number of nitrogens with one attached hydrogen (secondary N) is 3. The Balaban J connectivity index is 1.59. The number of aryl methyl sites for hydroxylation is 1. The third kappa shape index (κ3) is 8.07. The molecule has 0 spiro atoms. The molecule has 156 valence electrons. The van der Waals surface area contributed by atoms with Gasteiger partial charge in [0.05, 0.1) is 10.7 Å². The largest absolute Gasteiger partial charge is 0.356 e. The molecule has 0 bridgehead atoms. The van der Waals surface area contributed by atoms with Gasteiger partial charge in [-0.3, -0.25) is 9.79 Å². The molecule has 2 rings (SSSR count). The first kappa shape index (κ1) is 22.5. The number of aliphatic imine (C=N–C) groups is 1. The molecule has 0 aliphatic carbocycles. The Hall–Kier alpha value is -1.79. The van der Waals surface area contributed by atoms with Crippen LogP contribution in [0.2, 0.25) is 5.02 Å². The highest BCUT2D eigenvalue weighted by Gasteiger charge is 2.14. The fourth-order valence-corrected chi connectivity index (χ4v) is 3.53. The van der Waals surface area contributed by atoms with Crippen LogP contribution in [0, 0.1) is 12.8 Å². The number of amides is 1. The first-order chi connectivity index (χ1) is 13.5. The molecule has 1 aliphatic heterocycles. The van der Waals surface area contributed by atoms with E-state index in [1.54, 1.807) is 7.05 Å². The monoisotopic (exact) mass is 407 g/mol. The zero-order valence-corrected chi connectivity index (χ0v) is 18.1. The van der Waals surface area contributed by atoms with Gasteiger partial charge in [0.25, 0.3) is 0 Å².